The summed E-state index contributed by atoms with van der Waals surface area (Å²) in [7, 11) is 0. The van der Waals surface area contributed by atoms with Gasteiger partial charge in [-0.15, -0.1) is 0 Å². The van der Waals surface area contributed by atoms with Crippen LogP contribution in [-0.2, 0) is 10.1 Å². The molecule has 0 aliphatic rings. The number of halogens is 1. The van der Waals surface area contributed by atoms with E-state index in [4.69, 9.17) is 4.74 Å². The highest BCUT2D eigenvalue weighted by atomic mass is 79.9. The van der Waals surface area contributed by atoms with Crippen molar-refractivity contribution >= 4 is 32.7 Å². The SMILES string of the molecule is CCOC(=O)c1cc(CBr)cc2ccccc12. The van der Waals surface area contributed by atoms with Gasteiger partial charge >= 0.3 is 5.97 Å². The molecule has 0 radical (unpaired) electrons. The van der Waals surface area contributed by atoms with Crippen molar-refractivity contribution in [1.82, 2.24) is 0 Å². The minimum atomic E-state index is -0.258. The van der Waals surface area contributed by atoms with Gasteiger partial charge in [-0.3, -0.25) is 0 Å². The Kier molecular flexibility index (Phi) is 3.79. The van der Waals surface area contributed by atoms with Crippen LogP contribution in [0.2, 0.25) is 0 Å². The van der Waals surface area contributed by atoms with Crippen molar-refractivity contribution in [3.8, 4) is 0 Å². The topological polar surface area (TPSA) is 26.3 Å². The van der Waals surface area contributed by atoms with Crippen LogP contribution in [0.25, 0.3) is 10.8 Å². The van der Waals surface area contributed by atoms with Gasteiger partial charge in [-0.2, -0.15) is 0 Å². The number of hydrogen-bond donors (Lipinski definition) is 0. The minimum Gasteiger partial charge on any atom is -0.462 e. The van der Waals surface area contributed by atoms with Crippen molar-refractivity contribution in [3.63, 3.8) is 0 Å². The molecule has 2 aromatic carbocycles. The minimum absolute atomic E-state index is 0.258. The number of fused-ring (bicyclic) bond motifs is 1. The molecule has 0 unspecified atom stereocenters. The van der Waals surface area contributed by atoms with E-state index in [9.17, 15) is 4.79 Å². The number of ether oxygens (including phenoxy) is 1. The first-order valence-electron chi connectivity index (χ1n) is 5.51. The fraction of sp³-hybridized carbons (Fsp3) is 0.214. The van der Waals surface area contributed by atoms with Gasteiger partial charge in [-0.25, -0.2) is 4.79 Å². The zero-order valence-corrected chi connectivity index (χ0v) is 11.2. The predicted octanol–water partition coefficient (Wildman–Crippen LogP) is 3.91. The number of esters is 1. The molecule has 0 aliphatic heterocycles. The van der Waals surface area contributed by atoms with E-state index in [1.165, 1.54) is 0 Å². The first-order valence-corrected chi connectivity index (χ1v) is 6.63. The molecule has 2 nitrogen and oxygen atoms in total. The summed E-state index contributed by atoms with van der Waals surface area (Å²) in [5.41, 5.74) is 1.71. The Balaban J connectivity index is 2.62. The number of alkyl halides is 1. The highest BCUT2D eigenvalue weighted by Crippen LogP contribution is 2.23. The van der Waals surface area contributed by atoms with Gasteiger partial charge in [0, 0.05) is 5.33 Å². The summed E-state index contributed by atoms with van der Waals surface area (Å²) in [6.45, 7) is 2.21. The van der Waals surface area contributed by atoms with Crippen LogP contribution in [0.5, 0.6) is 0 Å². The second kappa shape index (κ2) is 5.32. The van der Waals surface area contributed by atoms with Gasteiger partial charge in [0.05, 0.1) is 12.2 Å². The van der Waals surface area contributed by atoms with Gasteiger partial charge in [-0.1, -0.05) is 46.3 Å². The quantitative estimate of drug-likeness (QED) is 0.633. The number of carbonyl (C=O) groups excluding carboxylic acids is 1. The van der Waals surface area contributed by atoms with Gasteiger partial charge in [0.1, 0.15) is 0 Å². The van der Waals surface area contributed by atoms with Crippen LogP contribution in [0.1, 0.15) is 22.8 Å². The van der Waals surface area contributed by atoms with Crippen LogP contribution in [-0.4, -0.2) is 12.6 Å². The van der Waals surface area contributed by atoms with Gasteiger partial charge < -0.3 is 4.74 Å². The fourth-order valence-corrected chi connectivity index (χ4v) is 2.15. The molecule has 0 fully saturated rings. The average Bonchev–Trinajstić information content (AvgIpc) is 2.37. The van der Waals surface area contributed by atoms with Crippen molar-refractivity contribution in [2.75, 3.05) is 6.61 Å². The average molecular weight is 293 g/mol. The standard InChI is InChI=1S/C14H13BrO2/c1-2-17-14(16)13-8-10(9-15)7-11-5-3-4-6-12(11)13/h3-8H,2,9H2,1H3. The third kappa shape index (κ3) is 2.50. The summed E-state index contributed by atoms with van der Waals surface area (Å²) in [4.78, 5) is 11.9. The summed E-state index contributed by atoms with van der Waals surface area (Å²) in [6.07, 6.45) is 0. The van der Waals surface area contributed by atoms with Gasteiger partial charge in [0.25, 0.3) is 0 Å². The Morgan fingerprint density at radius 3 is 2.76 bits per heavy atom. The predicted molar refractivity (Wildman–Crippen MR) is 72.5 cm³/mol. The molecule has 0 atom stereocenters. The van der Waals surface area contributed by atoms with Crippen molar-refractivity contribution in [2.24, 2.45) is 0 Å². The van der Waals surface area contributed by atoms with Crippen LogP contribution < -0.4 is 0 Å². The van der Waals surface area contributed by atoms with Crippen LogP contribution in [0, 0.1) is 0 Å². The third-order valence-corrected chi connectivity index (χ3v) is 3.22. The van der Waals surface area contributed by atoms with E-state index >= 15 is 0 Å². The van der Waals surface area contributed by atoms with E-state index in [1.54, 1.807) is 0 Å². The van der Waals surface area contributed by atoms with Gasteiger partial charge in [-0.05, 0) is 29.3 Å². The molecule has 0 saturated carbocycles. The molecule has 0 heterocycles. The van der Waals surface area contributed by atoms with E-state index in [-0.39, 0.29) is 5.97 Å². The summed E-state index contributed by atoms with van der Waals surface area (Å²) in [6, 6.07) is 11.8. The molecule has 0 bridgehead atoms. The monoisotopic (exact) mass is 292 g/mol. The molecule has 2 aromatic rings. The summed E-state index contributed by atoms with van der Waals surface area (Å²) in [5.74, 6) is -0.258. The molecule has 0 aliphatic carbocycles. The largest absolute Gasteiger partial charge is 0.462 e. The van der Waals surface area contributed by atoms with Crippen molar-refractivity contribution in [3.05, 3.63) is 47.5 Å². The van der Waals surface area contributed by atoms with Crippen molar-refractivity contribution in [2.45, 2.75) is 12.3 Å². The van der Waals surface area contributed by atoms with Crippen LogP contribution in [0.3, 0.4) is 0 Å². The van der Waals surface area contributed by atoms with Crippen LogP contribution in [0.15, 0.2) is 36.4 Å². The van der Waals surface area contributed by atoms with Gasteiger partial charge in [0.2, 0.25) is 0 Å². The van der Waals surface area contributed by atoms with E-state index in [0.717, 1.165) is 21.7 Å². The number of rotatable bonds is 3. The summed E-state index contributed by atoms with van der Waals surface area (Å²) < 4.78 is 5.08. The second-order valence-electron chi connectivity index (χ2n) is 3.72. The van der Waals surface area contributed by atoms with E-state index in [1.807, 2.05) is 37.3 Å². The normalized spacial score (nSPS) is 10.5. The first-order chi connectivity index (χ1) is 8.26. The number of benzene rings is 2. The van der Waals surface area contributed by atoms with Crippen LogP contribution in [0.4, 0.5) is 0 Å². The van der Waals surface area contributed by atoms with E-state index in [2.05, 4.69) is 22.0 Å². The Morgan fingerprint density at radius 1 is 1.29 bits per heavy atom. The highest BCUT2D eigenvalue weighted by Gasteiger charge is 2.12. The maximum atomic E-state index is 11.9. The highest BCUT2D eigenvalue weighted by molar-refractivity contribution is 9.08. The molecule has 0 N–H and O–H groups in total. The van der Waals surface area contributed by atoms with Crippen molar-refractivity contribution in [1.29, 1.82) is 0 Å². The van der Waals surface area contributed by atoms with Crippen molar-refractivity contribution < 1.29 is 9.53 Å². The zero-order valence-electron chi connectivity index (χ0n) is 9.57. The Morgan fingerprint density at radius 2 is 2.06 bits per heavy atom. The molecule has 0 amide bonds. The third-order valence-electron chi connectivity index (χ3n) is 2.57. The van der Waals surface area contributed by atoms with E-state index < -0.39 is 0 Å². The molecule has 0 aromatic heterocycles. The molecular weight excluding hydrogens is 280 g/mol. The first kappa shape index (κ1) is 12.1. The molecule has 0 spiro atoms. The lowest BCUT2D eigenvalue weighted by Gasteiger charge is -2.08. The number of carbonyl (C=O) groups is 1. The summed E-state index contributed by atoms with van der Waals surface area (Å²) in [5, 5.41) is 2.73. The fourth-order valence-electron chi connectivity index (χ4n) is 1.83. The lowest BCUT2D eigenvalue weighted by atomic mass is 10.0. The molecule has 2 rings (SSSR count). The Bertz CT molecular complexity index is 549. The molecular formula is C14H13BrO2. The maximum Gasteiger partial charge on any atom is 0.338 e. The lowest BCUT2D eigenvalue weighted by molar-refractivity contribution is 0.0528. The maximum absolute atomic E-state index is 11.9. The van der Waals surface area contributed by atoms with E-state index in [0.29, 0.717) is 12.2 Å². The molecule has 17 heavy (non-hydrogen) atoms. The molecule has 0 saturated heterocycles. The lowest BCUT2D eigenvalue weighted by Crippen LogP contribution is -2.06. The Labute approximate surface area is 109 Å². The zero-order chi connectivity index (χ0) is 12.3. The molecule has 3 heteroatoms. The summed E-state index contributed by atoms with van der Waals surface area (Å²) >= 11 is 3.41. The number of hydrogen-bond acceptors (Lipinski definition) is 2. The van der Waals surface area contributed by atoms with Crippen LogP contribution >= 0.6 is 15.9 Å². The second-order valence-corrected chi connectivity index (χ2v) is 4.28. The molecule has 88 valence electrons. The Hall–Kier alpha value is -1.35. The van der Waals surface area contributed by atoms with Gasteiger partial charge in [0.15, 0.2) is 0 Å². The smallest absolute Gasteiger partial charge is 0.338 e.